The van der Waals surface area contributed by atoms with Crippen molar-refractivity contribution in [2.75, 3.05) is 0 Å². The van der Waals surface area contributed by atoms with E-state index in [9.17, 15) is 0 Å². The van der Waals surface area contributed by atoms with Gasteiger partial charge < -0.3 is 4.12 Å². The molecule has 0 spiro atoms. The molecule has 0 rings (SSSR count). The Morgan fingerprint density at radius 2 is 0.889 bits per heavy atom. The molecule has 0 amide bonds. The SMILES string of the molecule is CCC[Si](CCC)(CCC)O[Si](CC)(CC)CC. The Hall–Kier alpha value is 0.394. The third kappa shape index (κ3) is 5.18. The molecule has 0 heterocycles. The third-order valence-corrected chi connectivity index (χ3v) is 16.0. The van der Waals surface area contributed by atoms with Crippen molar-refractivity contribution in [2.24, 2.45) is 0 Å². The van der Waals surface area contributed by atoms with Gasteiger partial charge in [0, 0.05) is 0 Å². The molecule has 0 saturated heterocycles. The average Bonchev–Trinajstić information content (AvgIpc) is 2.37. The second-order valence-corrected chi connectivity index (χ2v) is 14.9. The van der Waals surface area contributed by atoms with Gasteiger partial charge in [0.25, 0.3) is 0 Å². The second-order valence-electron chi connectivity index (χ2n) is 5.78. The van der Waals surface area contributed by atoms with Gasteiger partial charge in [-0.15, -0.1) is 0 Å². The summed E-state index contributed by atoms with van der Waals surface area (Å²) in [5, 5.41) is 0. The van der Waals surface area contributed by atoms with Crippen LogP contribution in [0.2, 0.25) is 36.3 Å². The minimum atomic E-state index is -1.43. The van der Waals surface area contributed by atoms with Crippen molar-refractivity contribution in [3.05, 3.63) is 0 Å². The molecule has 1 nitrogen and oxygen atoms in total. The number of hydrogen-bond donors (Lipinski definition) is 0. The van der Waals surface area contributed by atoms with Gasteiger partial charge in [0.15, 0.2) is 16.6 Å². The van der Waals surface area contributed by atoms with E-state index >= 15 is 0 Å². The lowest BCUT2D eigenvalue weighted by Gasteiger charge is -2.41. The highest BCUT2D eigenvalue weighted by molar-refractivity contribution is 6.87. The smallest absolute Gasteiger partial charge is 0.179 e. The summed E-state index contributed by atoms with van der Waals surface area (Å²) in [7, 11) is -2.83. The van der Waals surface area contributed by atoms with Crippen LogP contribution in [0.3, 0.4) is 0 Å². The highest BCUT2D eigenvalue weighted by Crippen LogP contribution is 2.34. The lowest BCUT2D eigenvalue weighted by atomic mass is 10.6. The molecule has 110 valence electrons. The van der Waals surface area contributed by atoms with Gasteiger partial charge in [-0.3, -0.25) is 0 Å². The maximum absolute atomic E-state index is 7.07. The van der Waals surface area contributed by atoms with Crippen LogP contribution in [0.25, 0.3) is 0 Å². The van der Waals surface area contributed by atoms with Crippen LogP contribution in [-0.4, -0.2) is 16.6 Å². The summed E-state index contributed by atoms with van der Waals surface area (Å²) in [6.45, 7) is 14.1. The molecule has 0 aromatic rings. The summed E-state index contributed by atoms with van der Waals surface area (Å²) in [5.74, 6) is 0. The Kier molecular flexibility index (Phi) is 9.53. The fourth-order valence-electron chi connectivity index (χ4n) is 3.32. The quantitative estimate of drug-likeness (QED) is 0.412. The summed E-state index contributed by atoms with van der Waals surface area (Å²) in [5.41, 5.74) is 0. The average molecular weight is 289 g/mol. The standard InChI is InChI=1S/C15H36OSi2/c1-7-13-18(14-8-2,15-9-3)16-17(10-4,11-5)12-6/h7-15H2,1-6H3. The van der Waals surface area contributed by atoms with Gasteiger partial charge in [-0.1, -0.05) is 60.8 Å². The van der Waals surface area contributed by atoms with Gasteiger partial charge in [-0.05, 0) is 36.3 Å². The molecule has 0 radical (unpaired) electrons. The number of hydrogen-bond acceptors (Lipinski definition) is 1. The Bertz CT molecular complexity index is 177. The molecule has 0 aliphatic rings. The van der Waals surface area contributed by atoms with Gasteiger partial charge in [0.05, 0.1) is 0 Å². The predicted octanol–water partition coefficient (Wildman–Crippen LogP) is 6.18. The molecule has 0 aliphatic carbocycles. The molecule has 0 fully saturated rings. The van der Waals surface area contributed by atoms with Crippen LogP contribution in [0.15, 0.2) is 0 Å². The van der Waals surface area contributed by atoms with E-state index < -0.39 is 16.6 Å². The molecule has 0 N–H and O–H groups in total. The molecule has 0 aliphatic heterocycles. The lowest BCUT2D eigenvalue weighted by Crippen LogP contribution is -2.50. The predicted molar refractivity (Wildman–Crippen MR) is 89.3 cm³/mol. The van der Waals surface area contributed by atoms with Gasteiger partial charge >= 0.3 is 0 Å². The Morgan fingerprint density at radius 1 is 0.556 bits per heavy atom. The molecule has 0 unspecified atom stereocenters. The topological polar surface area (TPSA) is 9.23 Å². The first kappa shape index (κ1) is 18.4. The van der Waals surface area contributed by atoms with E-state index in [4.69, 9.17) is 4.12 Å². The van der Waals surface area contributed by atoms with E-state index in [-0.39, 0.29) is 0 Å². The van der Waals surface area contributed by atoms with Crippen molar-refractivity contribution >= 4 is 16.6 Å². The summed E-state index contributed by atoms with van der Waals surface area (Å²) in [4.78, 5) is 0. The second kappa shape index (κ2) is 9.32. The van der Waals surface area contributed by atoms with Crippen LogP contribution in [0.5, 0.6) is 0 Å². The van der Waals surface area contributed by atoms with Crippen LogP contribution in [0.4, 0.5) is 0 Å². The van der Waals surface area contributed by atoms with Crippen LogP contribution in [-0.2, 0) is 4.12 Å². The molecular weight excluding hydrogens is 252 g/mol. The third-order valence-electron chi connectivity index (χ3n) is 4.48. The van der Waals surface area contributed by atoms with E-state index in [0.29, 0.717) is 0 Å². The van der Waals surface area contributed by atoms with Crippen molar-refractivity contribution < 1.29 is 4.12 Å². The Morgan fingerprint density at radius 3 is 1.11 bits per heavy atom. The highest BCUT2D eigenvalue weighted by atomic mass is 28.4. The first-order valence-electron chi connectivity index (χ1n) is 8.27. The molecule has 3 heteroatoms. The molecule has 18 heavy (non-hydrogen) atoms. The van der Waals surface area contributed by atoms with Gasteiger partial charge in [-0.2, -0.15) is 0 Å². The van der Waals surface area contributed by atoms with Crippen LogP contribution in [0, 0.1) is 0 Å². The summed E-state index contributed by atoms with van der Waals surface area (Å²) >= 11 is 0. The van der Waals surface area contributed by atoms with Crippen molar-refractivity contribution in [2.45, 2.75) is 97.1 Å². The Labute approximate surface area is 118 Å². The van der Waals surface area contributed by atoms with E-state index in [1.165, 1.54) is 55.5 Å². The maximum Gasteiger partial charge on any atom is 0.179 e. The highest BCUT2D eigenvalue weighted by Gasteiger charge is 2.40. The molecule has 0 bridgehead atoms. The lowest BCUT2D eigenvalue weighted by molar-refractivity contribution is 0.497. The zero-order valence-corrected chi connectivity index (χ0v) is 15.8. The zero-order chi connectivity index (χ0) is 14.1. The summed E-state index contributed by atoms with van der Waals surface area (Å²) in [6, 6.07) is 8.11. The fraction of sp³-hybridized carbons (Fsp3) is 1.00. The first-order chi connectivity index (χ1) is 8.57. The van der Waals surface area contributed by atoms with Crippen molar-refractivity contribution in [3.63, 3.8) is 0 Å². The first-order valence-corrected chi connectivity index (χ1v) is 13.3. The molecule has 0 saturated carbocycles. The molecular formula is C15H36OSi2. The van der Waals surface area contributed by atoms with E-state index in [1.807, 2.05) is 0 Å². The normalized spacial score (nSPS) is 13.0. The minimum absolute atomic E-state index is 1.31. The van der Waals surface area contributed by atoms with E-state index in [2.05, 4.69) is 41.5 Å². The van der Waals surface area contributed by atoms with Gasteiger partial charge in [0.1, 0.15) is 0 Å². The minimum Gasteiger partial charge on any atom is -0.455 e. The number of rotatable bonds is 11. The maximum atomic E-state index is 7.07. The molecule has 0 aromatic carbocycles. The van der Waals surface area contributed by atoms with Crippen molar-refractivity contribution in [3.8, 4) is 0 Å². The van der Waals surface area contributed by atoms with Crippen LogP contribution >= 0.6 is 0 Å². The zero-order valence-electron chi connectivity index (χ0n) is 13.8. The summed E-state index contributed by atoms with van der Waals surface area (Å²) < 4.78 is 7.07. The summed E-state index contributed by atoms with van der Waals surface area (Å²) in [6.07, 6.45) is 3.94. The molecule has 0 aromatic heterocycles. The molecule has 0 atom stereocenters. The van der Waals surface area contributed by atoms with Crippen LogP contribution in [0.1, 0.15) is 60.8 Å². The van der Waals surface area contributed by atoms with E-state index in [0.717, 1.165) is 0 Å². The van der Waals surface area contributed by atoms with Gasteiger partial charge in [-0.25, -0.2) is 0 Å². The van der Waals surface area contributed by atoms with E-state index in [1.54, 1.807) is 0 Å². The van der Waals surface area contributed by atoms with Crippen molar-refractivity contribution in [1.29, 1.82) is 0 Å². The monoisotopic (exact) mass is 288 g/mol. The van der Waals surface area contributed by atoms with Gasteiger partial charge in [0.2, 0.25) is 0 Å². The van der Waals surface area contributed by atoms with Crippen molar-refractivity contribution in [1.82, 2.24) is 0 Å². The Balaban J connectivity index is 5.02. The van der Waals surface area contributed by atoms with Crippen LogP contribution < -0.4 is 0 Å². The largest absolute Gasteiger partial charge is 0.455 e. The fourth-order valence-corrected chi connectivity index (χ4v) is 14.9.